The number of fused-ring (bicyclic) bond motifs is 1. The monoisotopic (exact) mass is 684 g/mol. The molecule has 0 aliphatic carbocycles. The first-order valence-electron chi connectivity index (χ1n) is 17.1. The van der Waals surface area contributed by atoms with Crippen molar-refractivity contribution in [1.82, 2.24) is 4.57 Å². The number of nitrogens with zero attached hydrogens (tertiary/aromatic N) is 2. The number of hydrogen-bond donors (Lipinski definition) is 0. The van der Waals surface area contributed by atoms with Crippen molar-refractivity contribution in [2.24, 2.45) is 0 Å². The first kappa shape index (κ1) is 34.3. The van der Waals surface area contributed by atoms with E-state index in [0.717, 1.165) is 33.2 Å². The maximum absolute atomic E-state index is 11.6. The predicted octanol–water partition coefficient (Wildman–Crippen LogP) is 8.42. The molecule has 9 nitrogen and oxygen atoms in total. The molecule has 2 heterocycles. The molecule has 9 heteroatoms. The molecule has 1 aliphatic rings. The maximum atomic E-state index is 11.6. The van der Waals surface area contributed by atoms with Crippen LogP contribution in [0.1, 0.15) is 28.5 Å². The van der Waals surface area contributed by atoms with Gasteiger partial charge in [-0.1, -0.05) is 121 Å². The van der Waals surface area contributed by atoms with Crippen molar-refractivity contribution in [1.29, 1.82) is 0 Å². The van der Waals surface area contributed by atoms with Gasteiger partial charge in [-0.25, -0.2) is 0 Å². The molecule has 260 valence electrons. The third-order valence-electron chi connectivity index (χ3n) is 9.05. The fourth-order valence-corrected chi connectivity index (χ4v) is 6.48. The largest absolute Gasteiger partial charge is 0.374 e. The normalized spacial score (nSPS) is 20.4. The van der Waals surface area contributed by atoms with Gasteiger partial charge in [0.2, 0.25) is 0 Å². The highest BCUT2D eigenvalue weighted by molar-refractivity contribution is 5.82. The Morgan fingerprint density at radius 2 is 1.08 bits per heavy atom. The average molecular weight is 685 g/mol. The van der Waals surface area contributed by atoms with Crippen molar-refractivity contribution in [2.75, 3.05) is 6.61 Å². The predicted molar refractivity (Wildman–Crippen MR) is 194 cm³/mol. The number of benzene rings is 5. The second-order valence-electron chi connectivity index (χ2n) is 12.6. The van der Waals surface area contributed by atoms with E-state index in [4.69, 9.17) is 23.7 Å². The van der Waals surface area contributed by atoms with E-state index in [-0.39, 0.29) is 17.2 Å². The van der Waals surface area contributed by atoms with Crippen molar-refractivity contribution < 1.29 is 28.6 Å². The van der Waals surface area contributed by atoms with Gasteiger partial charge in [0, 0.05) is 23.7 Å². The van der Waals surface area contributed by atoms with E-state index in [1.54, 1.807) is 12.1 Å². The molecule has 1 aromatic heterocycles. The van der Waals surface area contributed by atoms with Gasteiger partial charge in [0.05, 0.1) is 43.5 Å². The summed E-state index contributed by atoms with van der Waals surface area (Å²) in [6.07, 6.45) is -1.18. The molecule has 5 aromatic carbocycles. The number of ether oxygens (including phenoxy) is 5. The Hall–Kier alpha value is -5.16. The molecular weight excluding hydrogens is 644 g/mol. The fourth-order valence-electron chi connectivity index (χ4n) is 6.48. The van der Waals surface area contributed by atoms with Crippen LogP contribution in [-0.4, -0.2) is 40.5 Å². The Labute approximate surface area is 297 Å². The van der Waals surface area contributed by atoms with E-state index in [9.17, 15) is 10.1 Å². The zero-order valence-corrected chi connectivity index (χ0v) is 28.1. The van der Waals surface area contributed by atoms with Crippen LogP contribution in [-0.2, 0) is 50.1 Å². The molecule has 0 saturated carbocycles. The van der Waals surface area contributed by atoms with Crippen molar-refractivity contribution in [2.45, 2.75) is 57.1 Å². The summed E-state index contributed by atoms with van der Waals surface area (Å²) in [5.74, 6) is 0. The topological polar surface area (TPSA) is 94.2 Å². The van der Waals surface area contributed by atoms with Crippen LogP contribution in [0, 0.1) is 10.1 Å². The van der Waals surface area contributed by atoms with Gasteiger partial charge < -0.3 is 28.3 Å². The van der Waals surface area contributed by atoms with Crippen LogP contribution >= 0.6 is 0 Å². The van der Waals surface area contributed by atoms with E-state index in [2.05, 4.69) is 0 Å². The number of nitro groups is 1. The molecule has 7 rings (SSSR count). The van der Waals surface area contributed by atoms with Gasteiger partial charge in [-0.3, -0.25) is 10.1 Å². The number of aromatic nitrogens is 1. The van der Waals surface area contributed by atoms with Crippen LogP contribution in [0.4, 0.5) is 5.69 Å². The van der Waals surface area contributed by atoms with E-state index in [1.807, 2.05) is 138 Å². The van der Waals surface area contributed by atoms with E-state index < -0.39 is 30.6 Å². The van der Waals surface area contributed by atoms with Gasteiger partial charge in [0.25, 0.3) is 5.69 Å². The summed E-state index contributed by atoms with van der Waals surface area (Å²) in [6.45, 7) is 1.59. The summed E-state index contributed by atoms with van der Waals surface area (Å²) in [5.41, 5.74) is 4.87. The number of hydrogen-bond acceptors (Lipinski definition) is 7. The average Bonchev–Trinajstić information content (AvgIpc) is 3.60. The first-order chi connectivity index (χ1) is 25.1. The van der Waals surface area contributed by atoms with Crippen LogP contribution < -0.4 is 0 Å². The third kappa shape index (κ3) is 8.60. The number of non-ortho nitro benzene ring substituents is 1. The van der Waals surface area contributed by atoms with Gasteiger partial charge in [0.15, 0.2) is 6.23 Å². The molecule has 1 aliphatic heterocycles. The van der Waals surface area contributed by atoms with E-state index in [1.165, 1.54) is 6.07 Å². The van der Waals surface area contributed by atoms with Crippen LogP contribution in [0.3, 0.4) is 0 Å². The van der Waals surface area contributed by atoms with Gasteiger partial charge in [-0.15, -0.1) is 0 Å². The van der Waals surface area contributed by atoms with Crippen LogP contribution in [0.25, 0.3) is 10.9 Å². The molecular formula is C42H40N2O7. The van der Waals surface area contributed by atoms with Crippen molar-refractivity contribution in [3.05, 3.63) is 184 Å². The number of nitro benzene ring substituents is 1. The molecule has 0 bridgehead atoms. The summed E-state index contributed by atoms with van der Waals surface area (Å²) < 4.78 is 35.8. The van der Waals surface area contributed by atoms with Crippen molar-refractivity contribution in [3.8, 4) is 0 Å². The summed E-state index contributed by atoms with van der Waals surface area (Å²) in [4.78, 5) is 11.2. The quantitative estimate of drug-likeness (QED) is 0.0792. The van der Waals surface area contributed by atoms with Crippen LogP contribution in [0.5, 0.6) is 0 Å². The molecule has 0 N–H and O–H groups in total. The second-order valence-corrected chi connectivity index (χ2v) is 12.6. The van der Waals surface area contributed by atoms with E-state index in [0.29, 0.717) is 26.4 Å². The van der Waals surface area contributed by atoms with Crippen LogP contribution in [0.2, 0.25) is 0 Å². The summed E-state index contributed by atoms with van der Waals surface area (Å²) in [6, 6.07) is 46.7. The molecule has 0 amide bonds. The molecule has 1 saturated heterocycles. The molecule has 0 unspecified atom stereocenters. The highest BCUT2D eigenvalue weighted by Crippen LogP contribution is 2.38. The van der Waals surface area contributed by atoms with Gasteiger partial charge in [-0.05, 0) is 34.4 Å². The SMILES string of the molecule is O=[N+]([O-])c1ccc2c(ccn2[C@@H]2O[C@H](COCc3ccccc3)[C@@H](OCc3ccccc3)[C@H](OCc3ccccc3)[C@H]2OCc2ccccc2)c1. The highest BCUT2D eigenvalue weighted by Gasteiger charge is 2.49. The lowest BCUT2D eigenvalue weighted by Crippen LogP contribution is -2.59. The summed E-state index contributed by atoms with van der Waals surface area (Å²) in [7, 11) is 0. The second kappa shape index (κ2) is 16.7. The standard InChI is InChI=1S/C42H40N2O7/c45-44(46)36-21-22-37-35(25-36)23-24-43(37)42-41(50-29-34-19-11-4-12-20-34)40(49-28-33-17-9-3-10-18-33)39(48-27-32-15-7-2-8-16-32)38(51-42)30-47-26-31-13-5-1-6-14-31/h1-25,38-42H,26-30H2/t38-,39-,40+,41-,42-/m1/s1. The minimum absolute atomic E-state index is 0.0207. The Morgan fingerprint density at radius 1 is 0.588 bits per heavy atom. The van der Waals surface area contributed by atoms with Gasteiger partial charge in [0.1, 0.15) is 24.4 Å². The Bertz CT molecular complexity index is 1970. The fraction of sp³-hybridized carbons (Fsp3) is 0.238. The first-order valence-corrected chi connectivity index (χ1v) is 17.1. The highest BCUT2D eigenvalue weighted by atomic mass is 16.6. The van der Waals surface area contributed by atoms with Crippen molar-refractivity contribution in [3.63, 3.8) is 0 Å². The lowest BCUT2D eigenvalue weighted by Gasteiger charge is -2.46. The third-order valence-corrected chi connectivity index (χ3v) is 9.05. The number of rotatable bonds is 15. The Morgan fingerprint density at radius 3 is 1.61 bits per heavy atom. The zero-order valence-electron chi connectivity index (χ0n) is 28.1. The Balaban J connectivity index is 1.27. The minimum atomic E-state index is -0.685. The smallest absolute Gasteiger partial charge is 0.270 e. The molecule has 5 atom stereocenters. The van der Waals surface area contributed by atoms with Gasteiger partial charge in [-0.2, -0.15) is 0 Å². The lowest BCUT2D eigenvalue weighted by molar-refractivity contribution is -0.384. The molecule has 51 heavy (non-hydrogen) atoms. The lowest BCUT2D eigenvalue weighted by atomic mass is 9.96. The molecule has 6 aromatic rings. The van der Waals surface area contributed by atoms with Crippen LogP contribution in [0.15, 0.2) is 152 Å². The molecule has 0 spiro atoms. The van der Waals surface area contributed by atoms with Gasteiger partial charge >= 0.3 is 0 Å². The minimum Gasteiger partial charge on any atom is -0.374 e. The summed E-state index contributed by atoms with van der Waals surface area (Å²) >= 11 is 0. The maximum Gasteiger partial charge on any atom is 0.270 e. The Kier molecular flexibility index (Phi) is 11.2. The van der Waals surface area contributed by atoms with E-state index >= 15 is 0 Å². The van der Waals surface area contributed by atoms with Crippen molar-refractivity contribution >= 4 is 16.6 Å². The molecule has 0 radical (unpaired) electrons. The summed E-state index contributed by atoms with van der Waals surface area (Å²) in [5, 5.41) is 12.3. The zero-order chi connectivity index (χ0) is 34.8. The molecule has 1 fully saturated rings.